The molecular formula is C18H18ClO2. The Balaban J connectivity index is 1.80. The summed E-state index contributed by atoms with van der Waals surface area (Å²) < 4.78 is 11.3. The molecule has 0 saturated heterocycles. The molecule has 0 N–H and O–H groups in total. The number of hydrogen-bond acceptors (Lipinski definition) is 2. The molecule has 2 aromatic carbocycles. The minimum atomic E-state index is -0.267. The minimum absolute atomic E-state index is 0.267. The van der Waals surface area contributed by atoms with E-state index >= 15 is 0 Å². The van der Waals surface area contributed by atoms with Gasteiger partial charge in [-0.25, -0.2) is 0 Å². The number of hydrogen-bond donors (Lipinski definition) is 0. The van der Waals surface area contributed by atoms with Crippen LogP contribution >= 0.6 is 11.6 Å². The summed E-state index contributed by atoms with van der Waals surface area (Å²) in [6.07, 6.45) is 4.00. The first-order valence-electron chi connectivity index (χ1n) is 7.07. The van der Waals surface area contributed by atoms with Crippen molar-refractivity contribution in [2.45, 2.75) is 24.3 Å². The van der Waals surface area contributed by atoms with Gasteiger partial charge in [0.05, 0.1) is 12.0 Å². The predicted molar refractivity (Wildman–Crippen MR) is 84.8 cm³/mol. The number of halogens is 1. The third kappa shape index (κ3) is 3.01. The summed E-state index contributed by atoms with van der Waals surface area (Å²) >= 11 is 6.59. The van der Waals surface area contributed by atoms with Crippen LogP contribution in [0.15, 0.2) is 48.5 Å². The maximum Gasteiger partial charge on any atom is 0.162 e. The lowest BCUT2D eigenvalue weighted by Gasteiger charge is -2.36. The molecule has 1 radical (unpaired) electrons. The van der Waals surface area contributed by atoms with Gasteiger partial charge in [-0.3, -0.25) is 0 Å². The van der Waals surface area contributed by atoms with E-state index in [0.29, 0.717) is 6.61 Å². The first-order chi connectivity index (χ1) is 10.2. The van der Waals surface area contributed by atoms with E-state index in [2.05, 4.69) is 6.42 Å². The normalized spacial score (nSPS) is 16.1. The van der Waals surface area contributed by atoms with E-state index in [1.165, 1.54) is 0 Å². The molecule has 0 amide bonds. The van der Waals surface area contributed by atoms with Gasteiger partial charge in [0.1, 0.15) is 6.61 Å². The number of benzene rings is 2. The van der Waals surface area contributed by atoms with Crippen LogP contribution in [0.4, 0.5) is 0 Å². The monoisotopic (exact) mass is 301 g/mol. The summed E-state index contributed by atoms with van der Waals surface area (Å²) in [7, 11) is 1.65. The van der Waals surface area contributed by atoms with Gasteiger partial charge in [0.2, 0.25) is 0 Å². The summed E-state index contributed by atoms with van der Waals surface area (Å²) in [5, 5.41) is 0. The fourth-order valence-electron chi connectivity index (χ4n) is 2.44. The van der Waals surface area contributed by atoms with E-state index in [0.717, 1.165) is 35.5 Å². The fraction of sp³-hybridized carbons (Fsp3) is 0.278. The second-order valence-corrected chi connectivity index (χ2v) is 6.03. The molecule has 0 spiro atoms. The Morgan fingerprint density at radius 3 is 2.43 bits per heavy atom. The van der Waals surface area contributed by atoms with Gasteiger partial charge in [-0.2, -0.15) is 0 Å². The molecule has 3 heteroatoms. The second-order valence-electron chi connectivity index (χ2n) is 5.30. The fourth-order valence-corrected chi connectivity index (χ4v) is 2.77. The molecule has 0 aromatic heterocycles. The highest BCUT2D eigenvalue weighted by Crippen LogP contribution is 2.48. The Labute approximate surface area is 130 Å². The highest BCUT2D eigenvalue weighted by atomic mass is 35.5. The van der Waals surface area contributed by atoms with Crippen molar-refractivity contribution in [2.75, 3.05) is 7.11 Å². The zero-order chi connectivity index (χ0) is 14.7. The Hall–Kier alpha value is -1.67. The van der Waals surface area contributed by atoms with Gasteiger partial charge in [-0.15, -0.1) is 11.6 Å². The van der Waals surface area contributed by atoms with Gasteiger partial charge in [0, 0.05) is 0 Å². The molecule has 2 nitrogen and oxygen atoms in total. The molecule has 0 unspecified atom stereocenters. The lowest BCUT2D eigenvalue weighted by atomic mass is 9.79. The lowest BCUT2D eigenvalue weighted by Crippen LogP contribution is -2.28. The largest absolute Gasteiger partial charge is 0.493 e. The van der Waals surface area contributed by atoms with E-state index in [4.69, 9.17) is 21.1 Å². The number of rotatable bonds is 5. The maximum absolute atomic E-state index is 6.59. The van der Waals surface area contributed by atoms with Crippen molar-refractivity contribution < 1.29 is 9.47 Å². The van der Waals surface area contributed by atoms with Crippen LogP contribution in [0.1, 0.15) is 24.0 Å². The SMILES string of the molecule is COc1ccc(C2(Cl)C[CH]C2)cc1OCc1ccccc1. The average molecular weight is 302 g/mol. The third-order valence-electron chi connectivity index (χ3n) is 3.85. The molecule has 1 fully saturated rings. The van der Waals surface area contributed by atoms with Gasteiger partial charge in [-0.05, 0) is 42.5 Å². The molecule has 3 rings (SSSR count). The Kier molecular flexibility index (Phi) is 4.07. The Bertz CT molecular complexity index is 606. The van der Waals surface area contributed by atoms with Crippen LogP contribution in [0.3, 0.4) is 0 Å². The standard InChI is InChI=1S/C18H18ClO2/c1-20-16-9-8-15(18(19)10-5-11-18)12-17(16)21-13-14-6-3-2-4-7-14/h2-9,12H,10-11,13H2,1H3. The summed E-state index contributed by atoms with van der Waals surface area (Å²) in [5.41, 5.74) is 2.22. The summed E-state index contributed by atoms with van der Waals surface area (Å²) in [4.78, 5) is -0.267. The Morgan fingerprint density at radius 1 is 1.05 bits per heavy atom. The molecule has 2 aromatic rings. The zero-order valence-corrected chi connectivity index (χ0v) is 12.8. The first-order valence-corrected chi connectivity index (χ1v) is 7.45. The quantitative estimate of drug-likeness (QED) is 0.745. The van der Waals surface area contributed by atoms with Crippen LogP contribution in [0.25, 0.3) is 0 Å². The van der Waals surface area contributed by atoms with Gasteiger partial charge in [0.25, 0.3) is 0 Å². The summed E-state index contributed by atoms with van der Waals surface area (Å²) in [6.45, 7) is 0.516. The van der Waals surface area contributed by atoms with Crippen LogP contribution in [0.5, 0.6) is 11.5 Å². The first kappa shape index (κ1) is 14.3. The third-order valence-corrected chi connectivity index (χ3v) is 4.38. The van der Waals surface area contributed by atoms with E-state index in [9.17, 15) is 0 Å². The van der Waals surface area contributed by atoms with Gasteiger partial charge >= 0.3 is 0 Å². The molecule has 0 heterocycles. The zero-order valence-electron chi connectivity index (χ0n) is 12.0. The second kappa shape index (κ2) is 5.98. The highest BCUT2D eigenvalue weighted by molar-refractivity contribution is 6.24. The molecule has 1 aliphatic carbocycles. The van der Waals surface area contributed by atoms with Crippen LogP contribution < -0.4 is 9.47 Å². The average Bonchev–Trinajstić information content (AvgIpc) is 2.51. The molecule has 0 atom stereocenters. The number of ether oxygens (including phenoxy) is 2. The molecule has 1 aliphatic rings. The number of alkyl halides is 1. The summed E-state index contributed by atoms with van der Waals surface area (Å²) in [5.74, 6) is 1.48. The minimum Gasteiger partial charge on any atom is -0.493 e. The molecule has 1 saturated carbocycles. The summed E-state index contributed by atoms with van der Waals surface area (Å²) in [6, 6.07) is 16.0. The smallest absolute Gasteiger partial charge is 0.162 e. The van der Waals surface area contributed by atoms with E-state index in [1.807, 2.05) is 48.5 Å². The molecule has 109 valence electrons. The van der Waals surface area contributed by atoms with Crippen LogP contribution in [0.2, 0.25) is 0 Å². The van der Waals surface area contributed by atoms with Crippen molar-refractivity contribution in [3.8, 4) is 11.5 Å². The van der Waals surface area contributed by atoms with Crippen molar-refractivity contribution in [3.05, 3.63) is 66.1 Å². The van der Waals surface area contributed by atoms with E-state index < -0.39 is 0 Å². The van der Waals surface area contributed by atoms with Crippen LogP contribution in [-0.2, 0) is 11.5 Å². The lowest BCUT2D eigenvalue weighted by molar-refractivity contribution is 0.283. The number of methoxy groups -OCH3 is 1. The molecule has 0 bridgehead atoms. The van der Waals surface area contributed by atoms with Crippen molar-refractivity contribution in [3.63, 3.8) is 0 Å². The van der Waals surface area contributed by atoms with Gasteiger partial charge in [-0.1, -0.05) is 36.4 Å². The maximum atomic E-state index is 6.59. The van der Waals surface area contributed by atoms with E-state index in [1.54, 1.807) is 7.11 Å². The predicted octanol–water partition coefficient (Wildman–Crippen LogP) is 4.71. The van der Waals surface area contributed by atoms with Crippen molar-refractivity contribution in [2.24, 2.45) is 0 Å². The molecule has 21 heavy (non-hydrogen) atoms. The van der Waals surface area contributed by atoms with Gasteiger partial charge in [0.15, 0.2) is 11.5 Å². The van der Waals surface area contributed by atoms with E-state index in [-0.39, 0.29) is 4.87 Å². The topological polar surface area (TPSA) is 18.5 Å². The van der Waals surface area contributed by atoms with Crippen molar-refractivity contribution in [1.82, 2.24) is 0 Å². The van der Waals surface area contributed by atoms with Crippen molar-refractivity contribution in [1.29, 1.82) is 0 Å². The van der Waals surface area contributed by atoms with Crippen LogP contribution in [-0.4, -0.2) is 7.11 Å². The molecule has 0 aliphatic heterocycles. The van der Waals surface area contributed by atoms with Crippen LogP contribution in [0, 0.1) is 6.42 Å². The highest BCUT2D eigenvalue weighted by Gasteiger charge is 2.37. The van der Waals surface area contributed by atoms with Crippen molar-refractivity contribution >= 4 is 11.6 Å². The van der Waals surface area contributed by atoms with Gasteiger partial charge < -0.3 is 9.47 Å². The molecular weight excluding hydrogens is 284 g/mol. The Morgan fingerprint density at radius 2 is 1.81 bits per heavy atom.